The topological polar surface area (TPSA) is 116 Å². The number of hydrogen-bond donors (Lipinski definition) is 2. The third-order valence-electron chi connectivity index (χ3n) is 3.94. The molecular formula is C20H19N3O4. The zero-order valence-corrected chi connectivity index (χ0v) is 15.3. The van der Waals surface area contributed by atoms with Crippen LogP contribution in [-0.2, 0) is 6.54 Å². The number of nitrogens with zero attached hydrogens (tertiary/aromatic N) is 2. The molecular weight excluding hydrogens is 346 g/mol. The standard InChI is InChI=1S/C20H19N3O4/c1-12(2)16-17(18(25)15-9-13(3)8-14(10-15)11-21)23(6-4-5-7-24)20(27)22-19(16)26/h8-10,12,24H,6-7H2,1-3H3,(H,22,26,27). The first-order valence-electron chi connectivity index (χ1n) is 8.30. The number of aliphatic hydroxyl groups is 1. The number of rotatable bonds is 4. The number of hydrogen-bond acceptors (Lipinski definition) is 5. The van der Waals surface area contributed by atoms with E-state index in [0.29, 0.717) is 11.1 Å². The van der Waals surface area contributed by atoms with Gasteiger partial charge in [0.1, 0.15) is 12.3 Å². The van der Waals surface area contributed by atoms with Crippen molar-refractivity contribution in [1.29, 1.82) is 5.26 Å². The van der Waals surface area contributed by atoms with Gasteiger partial charge in [-0.3, -0.25) is 19.1 Å². The van der Waals surface area contributed by atoms with Crippen LogP contribution in [0.5, 0.6) is 0 Å². The molecule has 138 valence electrons. The van der Waals surface area contributed by atoms with Crippen LogP contribution in [0.3, 0.4) is 0 Å². The van der Waals surface area contributed by atoms with Gasteiger partial charge in [0, 0.05) is 11.1 Å². The average Bonchev–Trinajstić information content (AvgIpc) is 2.61. The van der Waals surface area contributed by atoms with Crippen LogP contribution >= 0.6 is 0 Å². The monoisotopic (exact) mass is 365 g/mol. The van der Waals surface area contributed by atoms with Gasteiger partial charge in [0.25, 0.3) is 5.56 Å². The first kappa shape index (κ1) is 19.9. The molecule has 2 aromatic rings. The third kappa shape index (κ3) is 4.22. The maximum absolute atomic E-state index is 13.2. The van der Waals surface area contributed by atoms with Gasteiger partial charge in [0.15, 0.2) is 0 Å². The van der Waals surface area contributed by atoms with Crippen molar-refractivity contribution in [2.24, 2.45) is 0 Å². The molecule has 1 heterocycles. The number of aromatic nitrogens is 2. The van der Waals surface area contributed by atoms with Crippen LogP contribution in [-0.4, -0.2) is 27.0 Å². The number of benzene rings is 1. The van der Waals surface area contributed by atoms with Gasteiger partial charge in [-0.1, -0.05) is 25.7 Å². The Kier molecular flexibility index (Phi) is 6.12. The number of nitrogens with one attached hydrogen (secondary N) is 1. The lowest BCUT2D eigenvalue weighted by Gasteiger charge is -2.16. The second-order valence-corrected chi connectivity index (χ2v) is 6.30. The molecule has 1 aromatic carbocycles. The number of aromatic amines is 1. The summed E-state index contributed by atoms with van der Waals surface area (Å²) in [5, 5.41) is 18.0. The molecule has 2 N–H and O–H groups in total. The molecule has 0 unspecified atom stereocenters. The Morgan fingerprint density at radius 2 is 1.96 bits per heavy atom. The fourth-order valence-electron chi connectivity index (χ4n) is 2.82. The van der Waals surface area contributed by atoms with E-state index in [0.717, 1.165) is 4.57 Å². The van der Waals surface area contributed by atoms with Crippen LogP contribution in [0.2, 0.25) is 0 Å². The maximum Gasteiger partial charge on any atom is 0.329 e. The van der Waals surface area contributed by atoms with E-state index in [1.54, 1.807) is 32.9 Å². The lowest BCUT2D eigenvalue weighted by Crippen LogP contribution is -2.37. The number of ketones is 1. The summed E-state index contributed by atoms with van der Waals surface area (Å²) in [7, 11) is 0. The summed E-state index contributed by atoms with van der Waals surface area (Å²) in [6.07, 6.45) is 0. The van der Waals surface area contributed by atoms with Gasteiger partial charge in [-0.15, -0.1) is 0 Å². The molecule has 0 bridgehead atoms. The van der Waals surface area contributed by atoms with Gasteiger partial charge in [-0.2, -0.15) is 5.26 Å². The molecule has 0 aliphatic heterocycles. The van der Waals surface area contributed by atoms with Crippen molar-refractivity contribution >= 4 is 5.78 Å². The summed E-state index contributed by atoms with van der Waals surface area (Å²) < 4.78 is 1.09. The van der Waals surface area contributed by atoms with Crippen molar-refractivity contribution in [1.82, 2.24) is 9.55 Å². The first-order chi connectivity index (χ1) is 12.8. The van der Waals surface area contributed by atoms with Crippen LogP contribution in [0.15, 0.2) is 27.8 Å². The second kappa shape index (κ2) is 8.31. The summed E-state index contributed by atoms with van der Waals surface area (Å²) in [6, 6.07) is 6.65. The lowest BCUT2D eigenvalue weighted by atomic mass is 9.95. The predicted octanol–water partition coefficient (Wildman–Crippen LogP) is 1.07. The fraction of sp³-hybridized carbons (Fsp3) is 0.300. The van der Waals surface area contributed by atoms with E-state index in [2.05, 4.69) is 16.8 Å². The van der Waals surface area contributed by atoms with E-state index in [4.69, 9.17) is 10.4 Å². The SMILES string of the molecule is Cc1cc(C#N)cc(C(=O)c2c(C(C)C)c(=O)[nH]c(=O)n2CC#CCO)c1. The zero-order valence-electron chi connectivity index (χ0n) is 15.3. The molecule has 0 spiro atoms. The van der Waals surface area contributed by atoms with E-state index in [1.807, 2.05) is 6.07 Å². The van der Waals surface area contributed by atoms with E-state index >= 15 is 0 Å². The normalized spacial score (nSPS) is 10.2. The molecule has 0 aliphatic rings. The summed E-state index contributed by atoms with van der Waals surface area (Å²) >= 11 is 0. The number of carbonyl (C=O) groups excluding carboxylic acids is 1. The summed E-state index contributed by atoms with van der Waals surface area (Å²) in [4.78, 5) is 40.1. The van der Waals surface area contributed by atoms with Crippen LogP contribution < -0.4 is 11.2 Å². The van der Waals surface area contributed by atoms with Gasteiger partial charge in [-0.05, 0) is 36.6 Å². The lowest BCUT2D eigenvalue weighted by molar-refractivity contribution is 0.102. The third-order valence-corrected chi connectivity index (χ3v) is 3.94. The van der Waals surface area contributed by atoms with Crippen molar-refractivity contribution in [3.8, 4) is 17.9 Å². The minimum Gasteiger partial charge on any atom is -0.384 e. The quantitative estimate of drug-likeness (QED) is 0.621. The van der Waals surface area contributed by atoms with Crippen LogP contribution in [0.25, 0.3) is 0 Å². The van der Waals surface area contributed by atoms with E-state index in [1.165, 1.54) is 6.07 Å². The van der Waals surface area contributed by atoms with Gasteiger partial charge in [0.05, 0.1) is 18.2 Å². The average molecular weight is 365 g/mol. The van der Waals surface area contributed by atoms with E-state index in [-0.39, 0.29) is 35.9 Å². The molecule has 2 rings (SSSR count). The molecule has 0 fully saturated rings. The highest BCUT2D eigenvalue weighted by molar-refractivity contribution is 6.09. The number of H-pyrrole nitrogens is 1. The molecule has 0 radical (unpaired) electrons. The van der Waals surface area contributed by atoms with Crippen molar-refractivity contribution in [2.75, 3.05) is 6.61 Å². The molecule has 0 saturated carbocycles. The number of aryl methyl sites for hydroxylation is 1. The Hall–Kier alpha value is -3.42. The van der Waals surface area contributed by atoms with Crippen molar-refractivity contribution < 1.29 is 9.90 Å². The van der Waals surface area contributed by atoms with Crippen LogP contribution in [0.1, 0.15) is 52.5 Å². The highest BCUT2D eigenvalue weighted by Gasteiger charge is 2.24. The summed E-state index contributed by atoms with van der Waals surface area (Å²) in [5.74, 6) is 4.15. The van der Waals surface area contributed by atoms with Crippen molar-refractivity contribution in [2.45, 2.75) is 33.2 Å². The van der Waals surface area contributed by atoms with Gasteiger partial charge in [-0.25, -0.2) is 4.79 Å². The van der Waals surface area contributed by atoms with Crippen LogP contribution in [0, 0.1) is 30.1 Å². The Morgan fingerprint density at radius 1 is 1.26 bits per heavy atom. The number of nitriles is 1. The Bertz CT molecular complexity index is 1110. The maximum atomic E-state index is 13.2. The molecule has 1 aromatic heterocycles. The largest absolute Gasteiger partial charge is 0.384 e. The Balaban J connectivity index is 2.81. The smallest absolute Gasteiger partial charge is 0.329 e. The van der Waals surface area contributed by atoms with Gasteiger partial charge < -0.3 is 5.11 Å². The highest BCUT2D eigenvalue weighted by atomic mass is 16.2. The fourth-order valence-corrected chi connectivity index (χ4v) is 2.82. The molecule has 27 heavy (non-hydrogen) atoms. The van der Waals surface area contributed by atoms with Crippen molar-refractivity contribution in [3.05, 3.63) is 67.0 Å². The molecule has 7 heteroatoms. The molecule has 0 amide bonds. The van der Waals surface area contributed by atoms with Crippen LogP contribution in [0.4, 0.5) is 0 Å². The molecule has 0 aliphatic carbocycles. The second-order valence-electron chi connectivity index (χ2n) is 6.30. The molecule has 7 nitrogen and oxygen atoms in total. The molecule has 0 atom stereocenters. The minimum atomic E-state index is -0.756. The number of carbonyl (C=O) groups is 1. The van der Waals surface area contributed by atoms with E-state index in [9.17, 15) is 14.4 Å². The van der Waals surface area contributed by atoms with Gasteiger partial charge >= 0.3 is 5.69 Å². The summed E-state index contributed by atoms with van der Waals surface area (Å²) in [6.45, 7) is 4.69. The van der Waals surface area contributed by atoms with Gasteiger partial charge in [0.2, 0.25) is 5.78 Å². The van der Waals surface area contributed by atoms with E-state index < -0.39 is 17.0 Å². The Morgan fingerprint density at radius 3 is 2.56 bits per heavy atom. The highest BCUT2D eigenvalue weighted by Crippen LogP contribution is 2.19. The van der Waals surface area contributed by atoms with Crippen molar-refractivity contribution in [3.63, 3.8) is 0 Å². The number of aliphatic hydroxyl groups excluding tert-OH is 1. The Labute approximate surface area is 155 Å². The molecule has 0 saturated heterocycles. The summed E-state index contributed by atoms with van der Waals surface area (Å²) in [5.41, 5.74) is -0.0372. The zero-order chi connectivity index (χ0) is 20.1. The minimum absolute atomic E-state index is 0.0551. The first-order valence-corrected chi connectivity index (χ1v) is 8.30. The predicted molar refractivity (Wildman–Crippen MR) is 99.6 cm³/mol.